The minimum Gasteiger partial charge on any atom is -0.454 e. The molecule has 0 bridgehead atoms. The third-order valence-corrected chi connectivity index (χ3v) is 6.35. The summed E-state index contributed by atoms with van der Waals surface area (Å²) in [6.45, 7) is 5.17. The summed E-state index contributed by atoms with van der Waals surface area (Å²) in [5.74, 6) is 2.68. The Morgan fingerprint density at radius 1 is 1.03 bits per heavy atom. The van der Waals surface area contributed by atoms with Gasteiger partial charge in [-0.2, -0.15) is 4.98 Å². The highest BCUT2D eigenvalue weighted by Gasteiger charge is 2.16. The number of carbonyl (C=O) groups excluding carboxylic acids is 1. The van der Waals surface area contributed by atoms with E-state index in [0.717, 1.165) is 42.3 Å². The second-order valence-electron chi connectivity index (χ2n) is 9.36. The van der Waals surface area contributed by atoms with Crippen molar-refractivity contribution in [1.82, 2.24) is 30.2 Å². The molecule has 0 fully saturated rings. The number of imidazole rings is 1. The summed E-state index contributed by atoms with van der Waals surface area (Å²) >= 11 is 0. The van der Waals surface area contributed by atoms with Crippen LogP contribution >= 0.6 is 0 Å². The summed E-state index contributed by atoms with van der Waals surface area (Å²) in [5.41, 5.74) is 3.14. The molecule has 0 spiro atoms. The van der Waals surface area contributed by atoms with Crippen LogP contribution in [-0.4, -0.2) is 58.4 Å². The highest BCUT2D eigenvalue weighted by Crippen LogP contribution is 2.32. The molecule has 4 aromatic rings. The molecule has 2 aromatic heterocycles. The maximum absolute atomic E-state index is 13.0. The highest BCUT2D eigenvalue weighted by molar-refractivity contribution is 5.81. The lowest BCUT2D eigenvalue weighted by atomic mass is 10.1. The Hall–Kier alpha value is -4.44. The van der Waals surface area contributed by atoms with Crippen LogP contribution in [0.5, 0.6) is 11.5 Å². The number of anilines is 1. The monoisotopic (exact) mass is 527 g/mol. The van der Waals surface area contributed by atoms with Crippen LogP contribution in [0.15, 0.2) is 73.3 Å². The summed E-state index contributed by atoms with van der Waals surface area (Å²) in [7, 11) is 0. The molecule has 0 unspecified atom stereocenters. The number of amides is 1. The van der Waals surface area contributed by atoms with Gasteiger partial charge in [0.25, 0.3) is 0 Å². The van der Waals surface area contributed by atoms with Gasteiger partial charge < -0.3 is 25.0 Å². The van der Waals surface area contributed by atoms with E-state index < -0.39 is 0 Å². The fourth-order valence-corrected chi connectivity index (χ4v) is 4.36. The molecule has 2 N–H and O–H groups in total. The van der Waals surface area contributed by atoms with Crippen LogP contribution in [0.25, 0.3) is 5.95 Å². The summed E-state index contributed by atoms with van der Waals surface area (Å²) < 4.78 is 12.6. The van der Waals surface area contributed by atoms with Crippen LogP contribution in [0.3, 0.4) is 0 Å². The standard InChI is InChI=1S/C29H33N7O3/c1-22-16-27(34-29(33-22)36-15-13-31-20-36)35(14-5-11-30-18-24-6-3-2-4-7-24)19-28(37)32-12-10-23-8-9-25-26(17-23)39-21-38-25/h2-4,6-9,13,15-17,20,30H,5,10-12,14,18-19,21H2,1H3,(H,32,37). The van der Waals surface area contributed by atoms with Gasteiger partial charge in [-0.25, -0.2) is 9.97 Å². The van der Waals surface area contributed by atoms with Crippen molar-refractivity contribution in [3.05, 3.63) is 90.1 Å². The summed E-state index contributed by atoms with van der Waals surface area (Å²) in [4.78, 5) is 28.4. The van der Waals surface area contributed by atoms with Crippen molar-refractivity contribution in [2.45, 2.75) is 26.3 Å². The Morgan fingerprint density at radius 2 is 1.90 bits per heavy atom. The van der Waals surface area contributed by atoms with Gasteiger partial charge in [0.2, 0.25) is 18.6 Å². The number of carbonyl (C=O) groups is 1. The Labute approximate surface area is 228 Å². The molecule has 39 heavy (non-hydrogen) atoms. The lowest BCUT2D eigenvalue weighted by molar-refractivity contribution is -0.119. The highest BCUT2D eigenvalue weighted by atomic mass is 16.7. The Balaban J connectivity index is 1.19. The molecule has 10 nitrogen and oxygen atoms in total. The number of fused-ring (bicyclic) bond motifs is 1. The van der Waals surface area contributed by atoms with E-state index in [2.05, 4.69) is 32.7 Å². The van der Waals surface area contributed by atoms with Crippen molar-refractivity contribution in [3.8, 4) is 17.4 Å². The van der Waals surface area contributed by atoms with Crippen LogP contribution in [0.4, 0.5) is 5.82 Å². The van der Waals surface area contributed by atoms with Gasteiger partial charge in [-0.1, -0.05) is 36.4 Å². The number of nitrogens with zero attached hydrogens (tertiary/aromatic N) is 5. The summed E-state index contributed by atoms with van der Waals surface area (Å²) in [5, 5.41) is 6.54. The minimum atomic E-state index is -0.0616. The van der Waals surface area contributed by atoms with Crippen LogP contribution in [-0.2, 0) is 17.8 Å². The molecule has 2 aromatic carbocycles. The van der Waals surface area contributed by atoms with E-state index in [0.29, 0.717) is 31.3 Å². The van der Waals surface area contributed by atoms with E-state index in [-0.39, 0.29) is 19.2 Å². The lowest BCUT2D eigenvalue weighted by Crippen LogP contribution is -2.39. The topological polar surface area (TPSA) is 106 Å². The van der Waals surface area contributed by atoms with E-state index in [9.17, 15) is 4.79 Å². The maximum atomic E-state index is 13.0. The normalized spacial score (nSPS) is 11.9. The van der Waals surface area contributed by atoms with E-state index in [1.165, 1.54) is 5.56 Å². The number of ether oxygens (including phenoxy) is 2. The predicted octanol–water partition coefficient (Wildman–Crippen LogP) is 3.04. The number of rotatable bonds is 13. The Morgan fingerprint density at radius 3 is 2.74 bits per heavy atom. The first-order valence-corrected chi connectivity index (χ1v) is 13.1. The third kappa shape index (κ3) is 7.32. The predicted molar refractivity (Wildman–Crippen MR) is 148 cm³/mol. The van der Waals surface area contributed by atoms with Gasteiger partial charge in [-0.15, -0.1) is 0 Å². The van der Waals surface area contributed by atoms with E-state index in [1.807, 2.05) is 54.3 Å². The first-order valence-electron chi connectivity index (χ1n) is 13.1. The molecule has 10 heteroatoms. The van der Waals surface area contributed by atoms with E-state index >= 15 is 0 Å². The minimum absolute atomic E-state index is 0.0616. The second-order valence-corrected chi connectivity index (χ2v) is 9.36. The number of benzene rings is 2. The average molecular weight is 528 g/mol. The van der Waals surface area contributed by atoms with Crippen molar-refractivity contribution in [2.24, 2.45) is 0 Å². The zero-order valence-corrected chi connectivity index (χ0v) is 22.0. The molecular weight excluding hydrogens is 494 g/mol. The van der Waals surface area contributed by atoms with Crippen molar-refractivity contribution in [1.29, 1.82) is 0 Å². The Kier molecular flexibility index (Phi) is 8.64. The molecular formula is C29H33N7O3. The molecule has 3 heterocycles. The molecule has 0 atom stereocenters. The smallest absolute Gasteiger partial charge is 0.239 e. The zero-order valence-electron chi connectivity index (χ0n) is 22.0. The van der Waals surface area contributed by atoms with Crippen molar-refractivity contribution in [3.63, 3.8) is 0 Å². The zero-order chi connectivity index (χ0) is 26.9. The Bertz CT molecular complexity index is 1360. The SMILES string of the molecule is Cc1cc(N(CCCNCc2ccccc2)CC(=O)NCCc2ccc3c(c2)OCO3)nc(-n2ccnc2)n1. The quantitative estimate of drug-likeness (QED) is 0.256. The number of hydrogen-bond acceptors (Lipinski definition) is 8. The van der Waals surface area contributed by atoms with Gasteiger partial charge in [0.15, 0.2) is 11.5 Å². The van der Waals surface area contributed by atoms with Crippen LogP contribution in [0, 0.1) is 6.92 Å². The number of hydrogen-bond donors (Lipinski definition) is 2. The van der Waals surface area contributed by atoms with Gasteiger partial charge in [0.05, 0.1) is 6.54 Å². The molecule has 1 amide bonds. The summed E-state index contributed by atoms with van der Waals surface area (Å²) in [6.07, 6.45) is 6.71. The van der Waals surface area contributed by atoms with E-state index in [4.69, 9.17) is 14.5 Å². The van der Waals surface area contributed by atoms with Gasteiger partial charge >= 0.3 is 0 Å². The number of aryl methyl sites for hydroxylation is 1. The second kappa shape index (κ2) is 12.9. The molecule has 0 radical (unpaired) electrons. The van der Waals surface area contributed by atoms with Crippen LogP contribution < -0.4 is 25.0 Å². The number of nitrogens with one attached hydrogen (secondary N) is 2. The largest absolute Gasteiger partial charge is 0.454 e. The van der Waals surface area contributed by atoms with Crippen molar-refractivity contribution >= 4 is 11.7 Å². The first kappa shape index (κ1) is 26.2. The molecule has 0 aliphatic carbocycles. The fraction of sp³-hybridized carbons (Fsp3) is 0.310. The fourth-order valence-electron chi connectivity index (χ4n) is 4.36. The molecule has 0 saturated heterocycles. The average Bonchev–Trinajstić information content (AvgIpc) is 3.65. The molecule has 1 aliphatic rings. The lowest BCUT2D eigenvalue weighted by Gasteiger charge is -2.24. The van der Waals surface area contributed by atoms with Crippen LogP contribution in [0.2, 0.25) is 0 Å². The summed E-state index contributed by atoms with van der Waals surface area (Å²) in [6, 6.07) is 18.1. The van der Waals surface area contributed by atoms with Gasteiger partial charge in [0, 0.05) is 43.8 Å². The van der Waals surface area contributed by atoms with Crippen LogP contribution in [0.1, 0.15) is 23.2 Å². The molecule has 0 saturated carbocycles. The molecule has 5 rings (SSSR count). The third-order valence-electron chi connectivity index (χ3n) is 6.35. The maximum Gasteiger partial charge on any atom is 0.239 e. The first-order chi connectivity index (χ1) is 19.1. The van der Waals surface area contributed by atoms with Gasteiger partial charge in [-0.05, 0) is 49.6 Å². The number of aromatic nitrogens is 4. The molecule has 202 valence electrons. The van der Waals surface area contributed by atoms with E-state index in [1.54, 1.807) is 23.3 Å². The van der Waals surface area contributed by atoms with Crippen molar-refractivity contribution < 1.29 is 14.3 Å². The molecule has 1 aliphatic heterocycles. The van der Waals surface area contributed by atoms with Crippen molar-refractivity contribution in [2.75, 3.05) is 37.9 Å². The van der Waals surface area contributed by atoms with Gasteiger partial charge in [0.1, 0.15) is 12.1 Å². The van der Waals surface area contributed by atoms with Gasteiger partial charge in [-0.3, -0.25) is 9.36 Å².